The molecule has 2 aromatic rings. The second-order valence-corrected chi connectivity index (χ2v) is 5.85. The van der Waals surface area contributed by atoms with Crippen LogP contribution in [-0.2, 0) is 6.54 Å². The zero-order valence-electron chi connectivity index (χ0n) is 10.6. The first kappa shape index (κ1) is 12.6. The van der Waals surface area contributed by atoms with Gasteiger partial charge in [0.25, 0.3) is 0 Å². The Balaban J connectivity index is 1.67. The Morgan fingerprint density at radius 1 is 1.32 bits per heavy atom. The highest BCUT2D eigenvalue weighted by Crippen LogP contribution is 2.25. The van der Waals surface area contributed by atoms with Crippen molar-refractivity contribution in [2.45, 2.75) is 19.4 Å². The fourth-order valence-corrected chi connectivity index (χ4v) is 2.97. The van der Waals surface area contributed by atoms with Gasteiger partial charge in [0, 0.05) is 30.3 Å². The van der Waals surface area contributed by atoms with Gasteiger partial charge in [-0.2, -0.15) is 5.10 Å². The Bertz CT molecular complexity index is 528. The quantitative estimate of drug-likeness (QED) is 0.870. The molecule has 0 aliphatic carbocycles. The molecule has 5 nitrogen and oxygen atoms in total. The maximum atomic E-state index is 4.24. The third-order valence-corrected chi connectivity index (χ3v) is 3.92. The molecule has 0 amide bonds. The molecule has 1 aliphatic heterocycles. The number of piperidine rings is 1. The smallest absolute Gasteiger partial charge is 0.137 e. The van der Waals surface area contributed by atoms with Gasteiger partial charge in [-0.25, -0.2) is 4.98 Å². The molecule has 2 aromatic heterocycles. The number of anilines is 1. The van der Waals surface area contributed by atoms with Crippen LogP contribution >= 0.6 is 15.9 Å². The minimum atomic E-state index is 0.620. The third-order valence-electron chi connectivity index (χ3n) is 3.49. The Morgan fingerprint density at radius 2 is 2.26 bits per heavy atom. The fraction of sp³-hybridized carbons (Fsp3) is 0.462. The van der Waals surface area contributed by atoms with Crippen LogP contribution in [0.15, 0.2) is 35.6 Å². The van der Waals surface area contributed by atoms with E-state index in [1.54, 1.807) is 12.7 Å². The number of rotatable bonds is 3. The van der Waals surface area contributed by atoms with E-state index in [4.69, 9.17) is 0 Å². The van der Waals surface area contributed by atoms with Crippen molar-refractivity contribution in [1.82, 2.24) is 19.7 Å². The number of aromatic nitrogens is 4. The van der Waals surface area contributed by atoms with Crippen LogP contribution in [0.2, 0.25) is 0 Å². The molecule has 0 saturated carbocycles. The summed E-state index contributed by atoms with van der Waals surface area (Å²) in [5.41, 5.74) is 1.19. The third kappa shape index (κ3) is 3.12. The van der Waals surface area contributed by atoms with Crippen LogP contribution in [0.5, 0.6) is 0 Å². The highest BCUT2D eigenvalue weighted by Gasteiger charge is 2.21. The van der Waals surface area contributed by atoms with E-state index in [0.717, 1.165) is 24.1 Å². The standard InChI is InChI=1S/C13H16BrN5/c14-12-4-13(6-15-5-12)18-3-1-2-11(7-18)8-19-10-16-9-17-19/h4-6,9-11H,1-3,7-8H2. The van der Waals surface area contributed by atoms with Gasteiger partial charge in [-0.05, 0) is 40.8 Å². The second-order valence-electron chi connectivity index (χ2n) is 4.93. The minimum Gasteiger partial charge on any atom is -0.370 e. The van der Waals surface area contributed by atoms with E-state index in [9.17, 15) is 0 Å². The van der Waals surface area contributed by atoms with Crippen LogP contribution in [0.4, 0.5) is 5.69 Å². The van der Waals surface area contributed by atoms with Crippen molar-refractivity contribution in [3.05, 3.63) is 35.6 Å². The van der Waals surface area contributed by atoms with E-state index in [0.29, 0.717) is 5.92 Å². The first-order valence-corrected chi connectivity index (χ1v) is 7.28. The zero-order chi connectivity index (χ0) is 13.1. The van der Waals surface area contributed by atoms with Crippen LogP contribution in [-0.4, -0.2) is 32.8 Å². The van der Waals surface area contributed by atoms with Crippen molar-refractivity contribution in [2.75, 3.05) is 18.0 Å². The molecule has 0 spiro atoms. The Labute approximate surface area is 120 Å². The SMILES string of the molecule is Brc1cncc(N2CCCC(Cn3cncn3)C2)c1. The molecule has 19 heavy (non-hydrogen) atoms. The summed E-state index contributed by atoms with van der Waals surface area (Å²) in [4.78, 5) is 10.6. The fourth-order valence-electron chi connectivity index (χ4n) is 2.61. The molecule has 3 rings (SSSR count). The van der Waals surface area contributed by atoms with E-state index < -0.39 is 0 Å². The molecular weight excluding hydrogens is 306 g/mol. The summed E-state index contributed by atoms with van der Waals surface area (Å²) < 4.78 is 2.95. The van der Waals surface area contributed by atoms with Gasteiger partial charge in [0.15, 0.2) is 0 Å². The summed E-state index contributed by atoms with van der Waals surface area (Å²) in [7, 11) is 0. The van der Waals surface area contributed by atoms with Gasteiger partial charge < -0.3 is 4.90 Å². The second kappa shape index (κ2) is 5.69. The molecule has 0 radical (unpaired) electrons. The monoisotopic (exact) mass is 321 g/mol. The maximum Gasteiger partial charge on any atom is 0.137 e. The predicted octanol–water partition coefficient (Wildman–Crippen LogP) is 2.35. The first-order chi connectivity index (χ1) is 9.31. The van der Waals surface area contributed by atoms with Crippen molar-refractivity contribution in [1.29, 1.82) is 0 Å². The molecule has 0 bridgehead atoms. The normalized spacial score (nSPS) is 19.6. The number of nitrogens with zero attached hydrogens (tertiary/aromatic N) is 5. The van der Waals surface area contributed by atoms with Crippen molar-refractivity contribution in [3.8, 4) is 0 Å². The Hall–Kier alpha value is -1.43. The van der Waals surface area contributed by atoms with Crippen LogP contribution in [0.1, 0.15) is 12.8 Å². The number of hydrogen-bond donors (Lipinski definition) is 0. The van der Waals surface area contributed by atoms with E-state index in [1.807, 2.05) is 17.1 Å². The lowest BCUT2D eigenvalue weighted by molar-refractivity contribution is 0.351. The van der Waals surface area contributed by atoms with Crippen LogP contribution < -0.4 is 4.90 Å². The van der Waals surface area contributed by atoms with E-state index in [-0.39, 0.29) is 0 Å². The van der Waals surface area contributed by atoms with Gasteiger partial charge in [0.2, 0.25) is 0 Å². The Kier molecular flexibility index (Phi) is 3.77. The lowest BCUT2D eigenvalue weighted by atomic mass is 9.98. The van der Waals surface area contributed by atoms with Gasteiger partial charge in [0.05, 0.1) is 11.9 Å². The van der Waals surface area contributed by atoms with E-state index in [1.165, 1.54) is 18.5 Å². The molecule has 3 heterocycles. The summed E-state index contributed by atoms with van der Waals surface area (Å²) in [6.45, 7) is 3.10. The topological polar surface area (TPSA) is 46.8 Å². The molecule has 1 unspecified atom stereocenters. The summed E-state index contributed by atoms with van der Waals surface area (Å²) in [5.74, 6) is 0.620. The van der Waals surface area contributed by atoms with Gasteiger partial charge >= 0.3 is 0 Å². The average molecular weight is 322 g/mol. The van der Waals surface area contributed by atoms with E-state index >= 15 is 0 Å². The van der Waals surface area contributed by atoms with Crippen LogP contribution in [0.3, 0.4) is 0 Å². The van der Waals surface area contributed by atoms with Crippen molar-refractivity contribution in [2.24, 2.45) is 5.92 Å². The molecule has 1 fully saturated rings. The highest BCUT2D eigenvalue weighted by atomic mass is 79.9. The predicted molar refractivity (Wildman–Crippen MR) is 76.9 cm³/mol. The first-order valence-electron chi connectivity index (χ1n) is 6.49. The van der Waals surface area contributed by atoms with Gasteiger partial charge in [0.1, 0.15) is 12.7 Å². The number of halogens is 1. The van der Waals surface area contributed by atoms with E-state index in [2.05, 4.69) is 42.0 Å². The summed E-state index contributed by atoms with van der Waals surface area (Å²) in [6, 6.07) is 2.13. The minimum absolute atomic E-state index is 0.620. The molecule has 100 valence electrons. The molecule has 6 heteroatoms. The van der Waals surface area contributed by atoms with Crippen molar-refractivity contribution < 1.29 is 0 Å². The molecule has 0 N–H and O–H groups in total. The summed E-state index contributed by atoms with van der Waals surface area (Å²) in [6.07, 6.45) is 9.60. The largest absolute Gasteiger partial charge is 0.370 e. The summed E-state index contributed by atoms with van der Waals surface area (Å²) >= 11 is 3.48. The maximum absolute atomic E-state index is 4.24. The number of pyridine rings is 1. The molecule has 1 saturated heterocycles. The lowest BCUT2D eigenvalue weighted by Gasteiger charge is -2.34. The highest BCUT2D eigenvalue weighted by molar-refractivity contribution is 9.10. The Morgan fingerprint density at radius 3 is 3.05 bits per heavy atom. The zero-order valence-corrected chi connectivity index (χ0v) is 12.2. The van der Waals surface area contributed by atoms with Crippen LogP contribution in [0, 0.1) is 5.92 Å². The van der Waals surface area contributed by atoms with Gasteiger partial charge in [-0.1, -0.05) is 0 Å². The molecule has 1 atom stereocenters. The summed E-state index contributed by atoms with van der Waals surface area (Å²) in [5, 5.41) is 4.19. The molecule has 0 aromatic carbocycles. The van der Waals surface area contributed by atoms with Crippen molar-refractivity contribution >= 4 is 21.6 Å². The van der Waals surface area contributed by atoms with Crippen molar-refractivity contribution in [3.63, 3.8) is 0 Å². The van der Waals surface area contributed by atoms with Gasteiger partial charge in [-0.15, -0.1) is 0 Å². The molecular formula is C13H16BrN5. The number of hydrogen-bond acceptors (Lipinski definition) is 4. The van der Waals surface area contributed by atoms with Gasteiger partial charge in [-0.3, -0.25) is 9.67 Å². The lowest BCUT2D eigenvalue weighted by Crippen LogP contribution is -2.37. The molecule has 1 aliphatic rings. The average Bonchev–Trinajstić information content (AvgIpc) is 2.92. The van der Waals surface area contributed by atoms with Crippen LogP contribution in [0.25, 0.3) is 0 Å².